The van der Waals surface area contributed by atoms with E-state index in [0.717, 1.165) is 12.1 Å². The number of hydrogen-bond acceptors (Lipinski definition) is 3. The van der Waals surface area contributed by atoms with Crippen LogP contribution in [0.3, 0.4) is 0 Å². The van der Waals surface area contributed by atoms with Gasteiger partial charge < -0.3 is 4.74 Å². The first kappa shape index (κ1) is 17.8. The van der Waals surface area contributed by atoms with Crippen molar-refractivity contribution in [3.8, 4) is 28.8 Å². The molecule has 1 heterocycles. The molecule has 0 spiro atoms. The molecule has 0 aliphatic rings. The number of nitriles is 1. The molecule has 8 heteroatoms. The lowest BCUT2D eigenvalue weighted by molar-refractivity contribution is 0.363. The van der Waals surface area contributed by atoms with Crippen LogP contribution < -0.4 is 4.74 Å². The molecule has 1 aromatic heterocycles. The highest BCUT2D eigenvalue weighted by molar-refractivity contribution is 6.32. The van der Waals surface area contributed by atoms with Gasteiger partial charge in [0.1, 0.15) is 35.1 Å². The number of imidazole rings is 1. The number of aromatic nitrogens is 2. The van der Waals surface area contributed by atoms with Gasteiger partial charge in [-0.3, -0.25) is 4.57 Å². The first-order valence-electron chi connectivity index (χ1n) is 7.42. The number of hydrogen-bond donors (Lipinski definition) is 0. The van der Waals surface area contributed by atoms with Crippen LogP contribution in [0.1, 0.15) is 5.82 Å². The predicted molar refractivity (Wildman–Crippen MR) is 89.7 cm³/mol. The Balaban J connectivity index is 2.21. The van der Waals surface area contributed by atoms with E-state index in [-0.39, 0.29) is 23.2 Å². The van der Waals surface area contributed by atoms with Crippen molar-refractivity contribution in [3.63, 3.8) is 0 Å². The molecule has 0 atom stereocenters. The fourth-order valence-corrected chi connectivity index (χ4v) is 2.92. The topological polar surface area (TPSA) is 50.8 Å². The Bertz CT molecular complexity index is 1000. The molecule has 26 heavy (non-hydrogen) atoms. The Morgan fingerprint density at radius 3 is 2.50 bits per heavy atom. The average Bonchev–Trinajstić information content (AvgIpc) is 2.86. The maximum Gasteiger partial charge on any atom is 0.174 e. The zero-order chi connectivity index (χ0) is 18.8. The Labute approximate surface area is 152 Å². The molecule has 3 aromatic rings. The van der Waals surface area contributed by atoms with Gasteiger partial charge in [0.15, 0.2) is 11.8 Å². The first-order chi connectivity index (χ1) is 12.4. The van der Waals surface area contributed by atoms with Crippen LogP contribution in [0.25, 0.3) is 16.9 Å². The second kappa shape index (κ2) is 7.10. The number of rotatable bonds is 4. The second-order valence-corrected chi connectivity index (χ2v) is 5.68. The van der Waals surface area contributed by atoms with Crippen LogP contribution in [0.2, 0.25) is 5.15 Å². The van der Waals surface area contributed by atoms with E-state index in [1.807, 2.05) is 0 Å². The third kappa shape index (κ3) is 3.24. The molecular formula is C18H11ClF3N3O. The van der Waals surface area contributed by atoms with E-state index in [0.29, 0.717) is 11.5 Å². The lowest BCUT2D eigenvalue weighted by Gasteiger charge is -2.13. The maximum atomic E-state index is 14.6. The van der Waals surface area contributed by atoms with E-state index < -0.39 is 23.0 Å². The first-order valence-corrected chi connectivity index (χ1v) is 7.80. The molecule has 0 N–H and O–H groups in total. The third-order valence-electron chi connectivity index (χ3n) is 3.62. The van der Waals surface area contributed by atoms with Crippen LogP contribution in [0.15, 0.2) is 36.4 Å². The molecule has 0 aliphatic carbocycles. The van der Waals surface area contributed by atoms with Crippen molar-refractivity contribution in [1.82, 2.24) is 9.55 Å². The van der Waals surface area contributed by atoms with Crippen molar-refractivity contribution in [2.75, 3.05) is 6.61 Å². The quantitative estimate of drug-likeness (QED) is 0.655. The SMILES string of the molecule is Cc1nc(Cl)c(-c2c(F)cc(OCC#N)cc2F)n1-c1cccc(F)c1. The monoisotopic (exact) mass is 377 g/mol. The fraction of sp³-hybridized carbons (Fsp3) is 0.111. The molecule has 2 aromatic carbocycles. The van der Waals surface area contributed by atoms with Crippen molar-refractivity contribution < 1.29 is 17.9 Å². The van der Waals surface area contributed by atoms with Gasteiger partial charge in [0.05, 0.1) is 16.9 Å². The summed E-state index contributed by atoms with van der Waals surface area (Å²) < 4.78 is 49.1. The van der Waals surface area contributed by atoms with Crippen LogP contribution in [-0.2, 0) is 0 Å². The average molecular weight is 378 g/mol. The minimum absolute atomic E-state index is 0.0448. The zero-order valence-corrected chi connectivity index (χ0v) is 14.2. The summed E-state index contributed by atoms with van der Waals surface area (Å²) in [6, 6.07) is 9.09. The van der Waals surface area contributed by atoms with E-state index in [1.165, 1.54) is 22.8 Å². The normalized spacial score (nSPS) is 10.6. The minimum Gasteiger partial charge on any atom is -0.479 e. The number of benzene rings is 2. The molecular weight excluding hydrogens is 367 g/mol. The van der Waals surface area contributed by atoms with Gasteiger partial charge >= 0.3 is 0 Å². The Morgan fingerprint density at radius 2 is 1.88 bits per heavy atom. The largest absolute Gasteiger partial charge is 0.479 e. The lowest BCUT2D eigenvalue weighted by Crippen LogP contribution is -2.04. The van der Waals surface area contributed by atoms with Gasteiger partial charge in [-0.05, 0) is 25.1 Å². The molecule has 0 fully saturated rings. The number of nitrogens with zero attached hydrogens (tertiary/aromatic N) is 3. The number of halogens is 4. The molecule has 0 saturated heterocycles. The second-order valence-electron chi connectivity index (χ2n) is 5.32. The van der Waals surface area contributed by atoms with Gasteiger partial charge in [-0.15, -0.1) is 0 Å². The molecule has 3 rings (SSSR count). The lowest BCUT2D eigenvalue weighted by atomic mass is 10.1. The molecule has 0 aliphatic heterocycles. The van der Waals surface area contributed by atoms with E-state index in [4.69, 9.17) is 21.6 Å². The van der Waals surface area contributed by atoms with Crippen molar-refractivity contribution in [3.05, 3.63) is 64.8 Å². The van der Waals surface area contributed by atoms with E-state index >= 15 is 0 Å². The van der Waals surface area contributed by atoms with Gasteiger partial charge in [0.2, 0.25) is 0 Å². The van der Waals surface area contributed by atoms with Crippen LogP contribution in [0.4, 0.5) is 13.2 Å². The molecule has 0 amide bonds. The summed E-state index contributed by atoms with van der Waals surface area (Å²) in [4.78, 5) is 4.05. The molecule has 0 bridgehead atoms. The molecule has 4 nitrogen and oxygen atoms in total. The van der Waals surface area contributed by atoms with Crippen LogP contribution in [0, 0.1) is 35.7 Å². The van der Waals surface area contributed by atoms with Gasteiger partial charge in [-0.25, -0.2) is 18.2 Å². The summed E-state index contributed by atoms with van der Waals surface area (Å²) in [6.07, 6.45) is 0. The Kier molecular flexibility index (Phi) is 4.87. The highest BCUT2D eigenvalue weighted by Gasteiger charge is 2.24. The number of aryl methyl sites for hydroxylation is 1. The summed E-state index contributed by atoms with van der Waals surface area (Å²) in [5.74, 6) is -2.21. The molecule has 0 saturated carbocycles. The molecule has 132 valence electrons. The highest BCUT2D eigenvalue weighted by Crippen LogP contribution is 2.36. The number of ether oxygens (including phenoxy) is 1. The van der Waals surface area contributed by atoms with Gasteiger partial charge in [0.25, 0.3) is 0 Å². The van der Waals surface area contributed by atoms with Crippen LogP contribution >= 0.6 is 11.6 Å². The van der Waals surface area contributed by atoms with Crippen LogP contribution in [-0.4, -0.2) is 16.2 Å². The third-order valence-corrected chi connectivity index (χ3v) is 3.89. The fourth-order valence-electron chi connectivity index (χ4n) is 2.62. The van der Waals surface area contributed by atoms with Gasteiger partial charge in [-0.2, -0.15) is 5.26 Å². The summed E-state index contributed by atoms with van der Waals surface area (Å²) in [5, 5.41) is 8.37. The van der Waals surface area contributed by atoms with Crippen LogP contribution in [0.5, 0.6) is 5.75 Å². The smallest absolute Gasteiger partial charge is 0.174 e. The predicted octanol–water partition coefficient (Wildman–Crippen LogP) is 4.82. The van der Waals surface area contributed by atoms with Gasteiger partial charge in [0, 0.05) is 12.1 Å². The van der Waals surface area contributed by atoms with E-state index in [2.05, 4.69) is 4.98 Å². The standard InChI is InChI=1S/C18H11ClF3N3O/c1-10-24-18(19)17(25(10)12-4-2-3-11(20)7-12)16-14(21)8-13(9-15(16)22)26-6-5-23/h2-4,7-9H,6H2,1H3. The highest BCUT2D eigenvalue weighted by atomic mass is 35.5. The van der Waals surface area contributed by atoms with Gasteiger partial charge in [-0.1, -0.05) is 17.7 Å². The molecule has 0 unspecified atom stereocenters. The van der Waals surface area contributed by atoms with E-state index in [1.54, 1.807) is 19.1 Å². The van der Waals surface area contributed by atoms with Crippen molar-refractivity contribution in [2.24, 2.45) is 0 Å². The van der Waals surface area contributed by atoms with Crippen molar-refractivity contribution >= 4 is 11.6 Å². The summed E-state index contributed by atoms with van der Waals surface area (Å²) in [6.45, 7) is 1.24. The van der Waals surface area contributed by atoms with E-state index in [9.17, 15) is 13.2 Å². The maximum absolute atomic E-state index is 14.6. The van der Waals surface area contributed by atoms with Crippen molar-refractivity contribution in [2.45, 2.75) is 6.92 Å². The summed E-state index contributed by atoms with van der Waals surface area (Å²) >= 11 is 6.11. The Morgan fingerprint density at radius 1 is 1.19 bits per heavy atom. The Hall–Kier alpha value is -2.98. The molecule has 0 radical (unpaired) electrons. The van der Waals surface area contributed by atoms with Crippen molar-refractivity contribution in [1.29, 1.82) is 5.26 Å². The minimum atomic E-state index is -0.947. The summed E-state index contributed by atoms with van der Waals surface area (Å²) in [5.41, 5.74) is -0.152. The summed E-state index contributed by atoms with van der Waals surface area (Å²) in [7, 11) is 0. The zero-order valence-electron chi connectivity index (χ0n) is 13.4.